The zero-order valence-electron chi connectivity index (χ0n) is 10.9. The third-order valence-electron chi connectivity index (χ3n) is 3.59. The van der Waals surface area contributed by atoms with Crippen molar-refractivity contribution in [2.45, 2.75) is 51.2 Å². The average Bonchev–Trinajstić information content (AvgIpc) is 2.54. The Morgan fingerprint density at radius 3 is 2.44 bits per heavy atom. The number of carbonyl (C=O) groups is 1. The first-order valence-electron chi connectivity index (χ1n) is 6.09. The topological polar surface area (TPSA) is 49.8 Å². The molecule has 0 radical (unpaired) electrons. The van der Waals surface area contributed by atoms with E-state index in [1.807, 2.05) is 0 Å². The summed E-state index contributed by atoms with van der Waals surface area (Å²) in [6, 6.07) is -0.562. The van der Waals surface area contributed by atoms with Crippen LogP contribution >= 0.6 is 0 Å². The normalized spacial score (nSPS) is 33.9. The van der Waals surface area contributed by atoms with Crippen molar-refractivity contribution in [3.05, 3.63) is 0 Å². The summed E-state index contributed by atoms with van der Waals surface area (Å²) in [6.45, 7) is 4.82. The number of carbonyl (C=O) groups excluding carboxylic acids is 1. The highest BCUT2D eigenvalue weighted by Gasteiger charge is 2.74. The molecule has 1 amide bonds. The minimum absolute atomic E-state index is 0.0276. The fourth-order valence-electron chi connectivity index (χ4n) is 2.55. The number of aliphatic hydroxyl groups is 1. The first-order valence-corrected chi connectivity index (χ1v) is 6.09. The lowest BCUT2D eigenvalue weighted by Crippen LogP contribution is -2.41. The van der Waals surface area contributed by atoms with Crippen molar-refractivity contribution >= 4 is 6.09 Å². The number of aliphatic hydroxyl groups excluding tert-OH is 1. The Hall–Kier alpha value is -0.910. The van der Waals surface area contributed by atoms with E-state index in [0.717, 1.165) is 0 Å². The Morgan fingerprint density at radius 2 is 2.06 bits per heavy atom. The molecule has 2 fully saturated rings. The lowest BCUT2D eigenvalue weighted by atomic mass is 10.0. The second-order valence-corrected chi connectivity index (χ2v) is 6.31. The van der Waals surface area contributed by atoms with Crippen LogP contribution in [0.1, 0.15) is 33.6 Å². The van der Waals surface area contributed by atoms with Gasteiger partial charge in [0.2, 0.25) is 0 Å². The maximum Gasteiger partial charge on any atom is 0.410 e. The minimum atomic E-state index is -2.71. The van der Waals surface area contributed by atoms with Crippen LogP contribution in [-0.2, 0) is 4.74 Å². The van der Waals surface area contributed by atoms with Crippen molar-refractivity contribution in [3.8, 4) is 0 Å². The van der Waals surface area contributed by atoms with Crippen molar-refractivity contribution in [1.82, 2.24) is 4.90 Å². The molecule has 2 rings (SSSR count). The van der Waals surface area contributed by atoms with Crippen molar-refractivity contribution in [2.24, 2.45) is 5.41 Å². The summed E-state index contributed by atoms with van der Waals surface area (Å²) in [7, 11) is 0. The molecule has 104 valence electrons. The predicted molar refractivity (Wildman–Crippen MR) is 60.4 cm³/mol. The summed E-state index contributed by atoms with van der Waals surface area (Å²) < 4.78 is 31.8. The van der Waals surface area contributed by atoms with E-state index in [1.54, 1.807) is 20.8 Å². The largest absolute Gasteiger partial charge is 0.444 e. The predicted octanol–water partition coefficient (Wildman–Crippen LogP) is 2.01. The van der Waals surface area contributed by atoms with Gasteiger partial charge >= 0.3 is 6.09 Å². The van der Waals surface area contributed by atoms with E-state index in [2.05, 4.69) is 0 Å². The van der Waals surface area contributed by atoms with Gasteiger partial charge in [0.05, 0.1) is 18.1 Å². The van der Waals surface area contributed by atoms with Crippen molar-refractivity contribution < 1.29 is 23.4 Å². The highest BCUT2D eigenvalue weighted by atomic mass is 19.3. The molecule has 0 aromatic rings. The molecule has 2 atom stereocenters. The molecule has 0 aromatic carbocycles. The van der Waals surface area contributed by atoms with Gasteiger partial charge in [-0.2, -0.15) is 0 Å². The standard InChI is InChI=1S/C12H19F2NO3/c1-10(2,3)18-9(17)15-7-11(4-8(15)5-16)6-12(11,13)14/h8,16H,4-7H2,1-3H3/t8-,11-/m0/s1. The Labute approximate surface area is 105 Å². The van der Waals surface area contributed by atoms with Crippen LogP contribution in [0.15, 0.2) is 0 Å². The first kappa shape index (κ1) is 13.5. The van der Waals surface area contributed by atoms with Gasteiger partial charge in [-0.1, -0.05) is 0 Å². The van der Waals surface area contributed by atoms with E-state index in [1.165, 1.54) is 4.90 Å². The molecule has 0 aromatic heterocycles. The molecule has 1 aliphatic heterocycles. The Morgan fingerprint density at radius 1 is 1.50 bits per heavy atom. The van der Waals surface area contributed by atoms with Crippen LogP contribution in [0.25, 0.3) is 0 Å². The fraction of sp³-hybridized carbons (Fsp3) is 0.917. The van der Waals surface area contributed by atoms with Gasteiger partial charge in [-0.3, -0.25) is 0 Å². The monoisotopic (exact) mass is 263 g/mol. The Kier molecular flexibility index (Phi) is 2.85. The van der Waals surface area contributed by atoms with Gasteiger partial charge in [-0.25, -0.2) is 13.6 Å². The molecule has 1 N–H and O–H groups in total. The molecule has 2 aliphatic rings. The van der Waals surface area contributed by atoms with Gasteiger partial charge in [-0.05, 0) is 27.2 Å². The molecular weight excluding hydrogens is 244 g/mol. The molecule has 0 unspecified atom stereocenters. The van der Waals surface area contributed by atoms with Crippen LogP contribution in [0.5, 0.6) is 0 Å². The highest BCUT2D eigenvalue weighted by Crippen LogP contribution is 2.66. The van der Waals surface area contributed by atoms with Crippen molar-refractivity contribution in [2.75, 3.05) is 13.2 Å². The summed E-state index contributed by atoms with van der Waals surface area (Å²) in [6.07, 6.45) is -0.674. The molecule has 1 saturated heterocycles. The van der Waals surface area contributed by atoms with E-state index in [9.17, 15) is 18.7 Å². The van der Waals surface area contributed by atoms with E-state index in [0.29, 0.717) is 0 Å². The second-order valence-electron chi connectivity index (χ2n) is 6.31. The maximum absolute atomic E-state index is 13.3. The van der Waals surface area contributed by atoms with Crippen LogP contribution in [0.4, 0.5) is 13.6 Å². The Balaban J connectivity index is 2.07. The van der Waals surface area contributed by atoms with Crippen LogP contribution in [0.2, 0.25) is 0 Å². The van der Waals surface area contributed by atoms with Crippen LogP contribution < -0.4 is 0 Å². The van der Waals surface area contributed by atoms with Crippen LogP contribution in [0, 0.1) is 5.41 Å². The summed E-state index contributed by atoms with van der Waals surface area (Å²) in [5.74, 6) is -2.71. The van der Waals surface area contributed by atoms with E-state index in [4.69, 9.17) is 4.74 Å². The number of ether oxygens (including phenoxy) is 1. The molecule has 6 heteroatoms. The number of halogens is 2. The average molecular weight is 263 g/mol. The summed E-state index contributed by atoms with van der Waals surface area (Å²) in [4.78, 5) is 13.1. The molecule has 1 spiro atoms. The van der Waals surface area contributed by atoms with Crippen LogP contribution in [0.3, 0.4) is 0 Å². The van der Waals surface area contributed by atoms with Gasteiger partial charge in [0.1, 0.15) is 5.60 Å². The summed E-state index contributed by atoms with van der Waals surface area (Å²) >= 11 is 0. The van der Waals surface area contributed by atoms with Crippen molar-refractivity contribution in [3.63, 3.8) is 0 Å². The van der Waals surface area contributed by atoms with Gasteiger partial charge in [0.25, 0.3) is 5.92 Å². The second kappa shape index (κ2) is 3.79. The zero-order chi connectivity index (χ0) is 13.8. The third-order valence-corrected chi connectivity index (χ3v) is 3.59. The summed E-state index contributed by atoms with van der Waals surface area (Å²) in [5.41, 5.74) is -1.80. The van der Waals surface area contributed by atoms with E-state index >= 15 is 0 Å². The first-order chi connectivity index (χ1) is 8.10. The Bertz CT molecular complexity index is 367. The molecule has 18 heavy (non-hydrogen) atoms. The number of hydrogen-bond donors (Lipinski definition) is 1. The summed E-state index contributed by atoms with van der Waals surface area (Å²) in [5, 5.41) is 9.22. The smallest absolute Gasteiger partial charge is 0.410 e. The van der Waals surface area contributed by atoms with Gasteiger partial charge in [0, 0.05) is 13.0 Å². The maximum atomic E-state index is 13.3. The zero-order valence-corrected chi connectivity index (χ0v) is 10.9. The molecule has 1 aliphatic carbocycles. The minimum Gasteiger partial charge on any atom is -0.444 e. The number of amides is 1. The van der Waals surface area contributed by atoms with Gasteiger partial charge in [0.15, 0.2) is 0 Å². The number of nitrogens with zero attached hydrogens (tertiary/aromatic N) is 1. The number of likely N-dealkylation sites (tertiary alicyclic amines) is 1. The number of hydrogen-bond acceptors (Lipinski definition) is 3. The van der Waals surface area contributed by atoms with Gasteiger partial charge in [-0.15, -0.1) is 0 Å². The molecule has 0 bridgehead atoms. The lowest BCUT2D eigenvalue weighted by Gasteiger charge is -2.27. The fourth-order valence-corrected chi connectivity index (χ4v) is 2.55. The van der Waals surface area contributed by atoms with Gasteiger partial charge < -0.3 is 14.7 Å². The quantitative estimate of drug-likeness (QED) is 0.787. The molecule has 1 heterocycles. The number of rotatable bonds is 1. The SMILES string of the molecule is CC(C)(C)OC(=O)N1C[C@]2(C[C@H]1CO)CC2(F)F. The lowest BCUT2D eigenvalue weighted by molar-refractivity contribution is 0.0156. The van der Waals surface area contributed by atoms with Crippen molar-refractivity contribution in [1.29, 1.82) is 0 Å². The molecule has 1 saturated carbocycles. The van der Waals surface area contributed by atoms with Crippen LogP contribution in [-0.4, -0.2) is 46.8 Å². The number of alkyl halides is 2. The van der Waals surface area contributed by atoms with E-state index < -0.39 is 29.1 Å². The van der Waals surface area contributed by atoms with E-state index in [-0.39, 0.29) is 26.0 Å². The third kappa shape index (κ3) is 2.18. The molecule has 4 nitrogen and oxygen atoms in total. The highest BCUT2D eigenvalue weighted by molar-refractivity contribution is 5.69. The molecular formula is C12H19F2NO3.